The normalized spacial score (nSPS) is 10.9. The van der Waals surface area contributed by atoms with Crippen molar-refractivity contribution >= 4 is 22.7 Å². The number of hydrogen-bond acceptors (Lipinski definition) is 5. The lowest BCUT2D eigenvalue weighted by Gasteiger charge is -2.02. The number of nitrogens with one attached hydrogen (secondary N) is 1. The topological polar surface area (TPSA) is 42.7 Å². The van der Waals surface area contributed by atoms with Crippen LogP contribution in [0.5, 0.6) is 0 Å². The Kier molecular flexibility index (Phi) is 4.02. The Balaban J connectivity index is 1.48. The second kappa shape index (κ2) is 6.10. The van der Waals surface area contributed by atoms with Gasteiger partial charge in [-0.1, -0.05) is 0 Å². The molecule has 19 heavy (non-hydrogen) atoms. The molecule has 0 bridgehead atoms. The van der Waals surface area contributed by atoms with E-state index in [9.17, 15) is 0 Å². The predicted molar refractivity (Wildman–Crippen MR) is 79.4 cm³/mol. The highest BCUT2D eigenvalue weighted by molar-refractivity contribution is 7.14. The summed E-state index contributed by atoms with van der Waals surface area (Å²) in [4.78, 5) is 4.63. The minimum absolute atomic E-state index is 0.807. The molecular formula is C13H14N4S2. The maximum atomic E-state index is 4.63. The minimum atomic E-state index is 0.807. The number of hydrogen-bond donors (Lipinski definition) is 1. The summed E-state index contributed by atoms with van der Waals surface area (Å²) >= 11 is 3.41. The standard InChI is InChI=1S/C13H14N4S2/c1-3-15-17(5-1)6-4-14-8-12-10-19-13(16-12)11-2-7-18-9-11/h1-3,5,7,9-10,14H,4,6,8H2. The van der Waals surface area contributed by atoms with Crippen molar-refractivity contribution in [2.45, 2.75) is 13.1 Å². The van der Waals surface area contributed by atoms with Crippen molar-refractivity contribution in [2.24, 2.45) is 0 Å². The van der Waals surface area contributed by atoms with Crippen molar-refractivity contribution in [3.8, 4) is 10.6 Å². The summed E-state index contributed by atoms with van der Waals surface area (Å²) in [7, 11) is 0. The van der Waals surface area contributed by atoms with Crippen molar-refractivity contribution in [1.82, 2.24) is 20.1 Å². The molecule has 0 aliphatic carbocycles. The Labute approximate surface area is 119 Å². The van der Waals surface area contributed by atoms with Gasteiger partial charge in [-0.15, -0.1) is 11.3 Å². The zero-order valence-electron chi connectivity index (χ0n) is 10.3. The average Bonchev–Trinajstić information content (AvgIpc) is 3.15. The van der Waals surface area contributed by atoms with Gasteiger partial charge in [0.25, 0.3) is 0 Å². The van der Waals surface area contributed by atoms with E-state index >= 15 is 0 Å². The highest BCUT2D eigenvalue weighted by atomic mass is 32.1. The Morgan fingerprint density at radius 2 is 2.32 bits per heavy atom. The summed E-state index contributed by atoms with van der Waals surface area (Å²) in [5.74, 6) is 0. The van der Waals surface area contributed by atoms with Crippen molar-refractivity contribution in [3.63, 3.8) is 0 Å². The smallest absolute Gasteiger partial charge is 0.124 e. The predicted octanol–water partition coefficient (Wildman–Crippen LogP) is 2.86. The van der Waals surface area contributed by atoms with Crippen LogP contribution >= 0.6 is 22.7 Å². The summed E-state index contributed by atoms with van der Waals surface area (Å²) in [6.07, 6.45) is 3.77. The minimum Gasteiger partial charge on any atom is -0.309 e. The maximum absolute atomic E-state index is 4.63. The fourth-order valence-electron chi connectivity index (χ4n) is 1.75. The second-order valence-electron chi connectivity index (χ2n) is 4.10. The van der Waals surface area contributed by atoms with Gasteiger partial charge in [-0.2, -0.15) is 16.4 Å². The summed E-state index contributed by atoms with van der Waals surface area (Å²) in [5, 5.41) is 15.0. The largest absolute Gasteiger partial charge is 0.309 e. The summed E-state index contributed by atoms with van der Waals surface area (Å²) < 4.78 is 1.92. The Bertz CT molecular complexity index is 598. The molecule has 0 atom stereocenters. The van der Waals surface area contributed by atoms with Gasteiger partial charge in [-0.25, -0.2) is 4.98 Å². The monoisotopic (exact) mass is 290 g/mol. The highest BCUT2D eigenvalue weighted by Gasteiger charge is 2.04. The van der Waals surface area contributed by atoms with Crippen LogP contribution < -0.4 is 5.32 Å². The van der Waals surface area contributed by atoms with Crippen LogP contribution in [0.25, 0.3) is 10.6 Å². The van der Waals surface area contributed by atoms with Gasteiger partial charge in [0.2, 0.25) is 0 Å². The van der Waals surface area contributed by atoms with Crippen molar-refractivity contribution in [1.29, 1.82) is 0 Å². The van der Waals surface area contributed by atoms with Gasteiger partial charge in [-0.05, 0) is 17.5 Å². The first-order valence-corrected chi connectivity index (χ1v) is 7.89. The summed E-state index contributed by atoms with van der Waals surface area (Å²) in [6.45, 7) is 2.59. The molecule has 0 aliphatic heterocycles. The molecule has 0 saturated heterocycles. The number of nitrogens with zero attached hydrogens (tertiary/aromatic N) is 3. The fraction of sp³-hybridized carbons (Fsp3) is 0.231. The van der Waals surface area contributed by atoms with Gasteiger partial charge in [0, 0.05) is 41.8 Å². The van der Waals surface area contributed by atoms with Crippen LogP contribution in [-0.4, -0.2) is 21.3 Å². The molecule has 0 spiro atoms. The molecule has 4 nitrogen and oxygen atoms in total. The Hall–Kier alpha value is -1.50. The lowest BCUT2D eigenvalue weighted by Crippen LogP contribution is -2.19. The van der Waals surface area contributed by atoms with E-state index in [1.807, 2.05) is 16.9 Å². The summed E-state index contributed by atoms with van der Waals surface area (Å²) in [6, 6.07) is 4.05. The third-order valence-corrected chi connectivity index (χ3v) is 4.33. The first-order chi connectivity index (χ1) is 9.42. The number of thiophene rings is 1. The first-order valence-electron chi connectivity index (χ1n) is 6.07. The molecule has 0 amide bonds. The van der Waals surface area contributed by atoms with Crippen LogP contribution in [0.2, 0.25) is 0 Å². The SMILES string of the molecule is c1cnn(CCNCc2csc(-c3ccsc3)n2)c1. The molecule has 6 heteroatoms. The van der Waals surface area contributed by atoms with E-state index in [2.05, 4.69) is 37.6 Å². The van der Waals surface area contributed by atoms with Crippen LogP contribution in [0.4, 0.5) is 0 Å². The van der Waals surface area contributed by atoms with E-state index in [1.165, 1.54) is 5.56 Å². The van der Waals surface area contributed by atoms with Gasteiger partial charge >= 0.3 is 0 Å². The van der Waals surface area contributed by atoms with Crippen LogP contribution in [-0.2, 0) is 13.1 Å². The quantitative estimate of drug-likeness (QED) is 0.710. The van der Waals surface area contributed by atoms with Gasteiger partial charge < -0.3 is 5.32 Å². The maximum Gasteiger partial charge on any atom is 0.124 e. The van der Waals surface area contributed by atoms with E-state index < -0.39 is 0 Å². The average molecular weight is 290 g/mol. The Morgan fingerprint density at radius 1 is 1.32 bits per heavy atom. The number of aromatic nitrogens is 3. The molecule has 0 aliphatic rings. The fourth-order valence-corrected chi connectivity index (χ4v) is 3.28. The second-order valence-corrected chi connectivity index (χ2v) is 5.74. The third-order valence-electron chi connectivity index (χ3n) is 2.70. The van der Waals surface area contributed by atoms with E-state index in [0.717, 1.165) is 30.3 Å². The van der Waals surface area contributed by atoms with Crippen LogP contribution in [0.3, 0.4) is 0 Å². The van der Waals surface area contributed by atoms with Gasteiger partial charge in [0.1, 0.15) is 5.01 Å². The van der Waals surface area contributed by atoms with Crippen LogP contribution in [0, 0.1) is 0 Å². The Morgan fingerprint density at radius 3 is 3.11 bits per heavy atom. The van der Waals surface area contributed by atoms with Crippen molar-refractivity contribution < 1.29 is 0 Å². The summed E-state index contributed by atoms with van der Waals surface area (Å²) in [5.41, 5.74) is 2.32. The van der Waals surface area contributed by atoms with Crippen molar-refractivity contribution in [3.05, 3.63) is 46.4 Å². The molecule has 98 valence electrons. The van der Waals surface area contributed by atoms with E-state index in [1.54, 1.807) is 28.9 Å². The molecule has 1 N–H and O–H groups in total. The molecule has 0 saturated carbocycles. The molecule has 0 unspecified atom stereocenters. The zero-order chi connectivity index (χ0) is 12.9. The number of thiazole rings is 1. The molecule has 3 aromatic heterocycles. The first kappa shape index (κ1) is 12.5. The van der Waals surface area contributed by atoms with E-state index in [0.29, 0.717) is 0 Å². The van der Waals surface area contributed by atoms with Crippen molar-refractivity contribution in [2.75, 3.05) is 6.54 Å². The molecule has 3 aromatic rings. The molecule has 0 aromatic carbocycles. The molecule has 0 radical (unpaired) electrons. The van der Waals surface area contributed by atoms with E-state index in [-0.39, 0.29) is 0 Å². The highest BCUT2D eigenvalue weighted by Crippen LogP contribution is 2.25. The van der Waals surface area contributed by atoms with Gasteiger partial charge in [0.15, 0.2) is 0 Å². The van der Waals surface area contributed by atoms with E-state index in [4.69, 9.17) is 0 Å². The van der Waals surface area contributed by atoms with Crippen LogP contribution in [0.15, 0.2) is 40.7 Å². The molecule has 3 rings (SSSR count). The number of rotatable bonds is 6. The third kappa shape index (κ3) is 3.28. The van der Waals surface area contributed by atoms with Crippen LogP contribution in [0.1, 0.15) is 5.69 Å². The molecular weight excluding hydrogens is 276 g/mol. The zero-order valence-corrected chi connectivity index (χ0v) is 12.0. The molecule has 3 heterocycles. The van der Waals surface area contributed by atoms with Gasteiger partial charge in [-0.3, -0.25) is 4.68 Å². The lowest BCUT2D eigenvalue weighted by molar-refractivity contribution is 0.552. The lowest BCUT2D eigenvalue weighted by atomic mass is 10.3. The molecule has 0 fully saturated rings. The van der Waals surface area contributed by atoms with Gasteiger partial charge in [0.05, 0.1) is 12.2 Å².